The molecule has 2 aliphatic rings. The maximum Gasteiger partial charge on any atom is 0.0398 e. The lowest BCUT2D eigenvalue weighted by Crippen LogP contribution is -2.25. The smallest absolute Gasteiger partial charge is 0.0398 e. The van der Waals surface area contributed by atoms with Gasteiger partial charge in [0.25, 0.3) is 0 Å². The molecule has 0 radical (unpaired) electrons. The molecule has 3 rings (SSSR count). The van der Waals surface area contributed by atoms with Crippen LogP contribution in [0.25, 0.3) is 0 Å². The number of anilines is 1. The highest BCUT2D eigenvalue weighted by Gasteiger charge is 2.19. The lowest BCUT2D eigenvalue weighted by molar-refractivity contribution is 0.578. The predicted molar refractivity (Wildman–Crippen MR) is 91.1 cm³/mol. The van der Waals surface area contributed by atoms with Crippen LogP contribution in [0.1, 0.15) is 56.9 Å². The zero-order valence-corrected chi connectivity index (χ0v) is 13.3. The number of unbranched alkanes of at least 4 members (excludes halogenated alkanes) is 3. The van der Waals surface area contributed by atoms with Crippen LogP contribution in [-0.2, 0) is 6.42 Å². The number of nitrogens with one attached hydrogen (secondary N) is 1. The number of para-hydroxylation sites is 1. The fourth-order valence-electron chi connectivity index (χ4n) is 3.38. The Morgan fingerprint density at radius 2 is 1.86 bits per heavy atom. The summed E-state index contributed by atoms with van der Waals surface area (Å²) in [5.74, 6) is 0. The molecule has 1 heterocycles. The fraction of sp³-hybridized carbons (Fsp3) is 0.684. The Bertz CT molecular complexity index is 425. The molecule has 0 atom stereocenters. The Labute approximate surface area is 129 Å². The molecule has 2 nitrogen and oxygen atoms in total. The summed E-state index contributed by atoms with van der Waals surface area (Å²) < 4.78 is 0. The Morgan fingerprint density at radius 3 is 2.76 bits per heavy atom. The predicted octanol–water partition coefficient (Wildman–Crippen LogP) is 4.14. The van der Waals surface area contributed by atoms with E-state index in [2.05, 4.69) is 34.5 Å². The number of rotatable bonds is 8. The van der Waals surface area contributed by atoms with E-state index in [1.807, 2.05) is 0 Å². The third-order valence-electron chi connectivity index (χ3n) is 4.82. The molecule has 0 unspecified atom stereocenters. The monoisotopic (exact) mass is 286 g/mol. The third-order valence-corrected chi connectivity index (χ3v) is 4.82. The second kappa shape index (κ2) is 7.84. The van der Waals surface area contributed by atoms with Crippen molar-refractivity contribution in [2.75, 3.05) is 24.5 Å². The highest BCUT2D eigenvalue weighted by atomic mass is 15.1. The first kappa shape index (κ1) is 14.9. The summed E-state index contributed by atoms with van der Waals surface area (Å²) in [5.41, 5.74) is 3.06. The molecule has 0 amide bonds. The molecule has 1 aromatic carbocycles. The van der Waals surface area contributed by atoms with E-state index >= 15 is 0 Å². The van der Waals surface area contributed by atoms with Crippen molar-refractivity contribution in [3.63, 3.8) is 0 Å². The van der Waals surface area contributed by atoms with E-state index < -0.39 is 0 Å². The van der Waals surface area contributed by atoms with Gasteiger partial charge in [-0.25, -0.2) is 0 Å². The first-order valence-corrected chi connectivity index (χ1v) is 9.00. The summed E-state index contributed by atoms with van der Waals surface area (Å²) >= 11 is 0. The van der Waals surface area contributed by atoms with Gasteiger partial charge in [-0.3, -0.25) is 0 Å². The molecule has 0 saturated heterocycles. The zero-order valence-electron chi connectivity index (χ0n) is 13.3. The Balaban J connectivity index is 1.36. The lowest BCUT2D eigenvalue weighted by Gasteiger charge is -2.25. The van der Waals surface area contributed by atoms with Gasteiger partial charge in [0, 0.05) is 24.8 Å². The van der Waals surface area contributed by atoms with Gasteiger partial charge < -0.3 is 10.2 Å². The van der Waals surface area contributed by atoms with Crippen molar-refractivity contribution in [2.45, 2.75) is 63.8 Å². The number of benzene rings is 1. The van der Waals surface area contributed by atoms with Gasteiger partial charge in [0.2, 0.25) is 0 Å². The maximum absolute atomic E-state index is 3.61. The van der Waals surface area contributed by atoms with Crippen molar-refractivity contribution in [3.05, 3.63) is 29.8 Å². The molecule has 0 aromatic heterocycles. The summed E-state index contributed by atoms with van der Waals surface area (Å²) in [6.45, 7) is 3.73. The highest BCUT2D eigenvalue weighted by molar-refractivity contribution is 5.54. The van der Waals surface area contributed by atoms with Crippen LogP contribution in [0, 0.1) is 0 Å². The van der Waals surface area contributed by atoms with Crippen LogP contribution < -0.4 is 10.2 Å². The first-order valence-electron chi connectivity index (χ1n) is 9.00. The standard InChI is InChI=1S/C19H30N2/c1(6-14-20-18-12-13-18)2-7-15-21-16-8-5-10-17-9-3-4-11-19(17)21/h3-4,9,11,18,20H,1-2,5-8,10,12-16H2. The molecule has 1 aliphatic heterocycles. The molecular formula is C19H30N2. The summed E-state index contributed by atoms with van der Waals surface area (Å²) in [7, 11) is 0. The van der Waals surface area contributed by atoms with E-state index in [0.717, 1.165) is 6.04 Å². The molecule has 2 heteroatoms. The van der Waals surface area contributed by atoms with Gasteiger partial charge in [-0.2, -0.15) is 0 Å². The minimum absolute atomic E-state index is 0.874. The van der Waals surface area contributed by atoms with Gasteiger partial charge in [-0.15, -0.1) is 0 Å². The van der Waals surface area contributed by atoms with Crippen LogP contribution in [0.4, 0.5) is 5.69 Å². The number of aryl methyl sites for hydroxylation is 1. The largest absolute Gasteiger partial charge is 0.371 e. The number of fused-ring (bicyclic) bond motifs is 1. The van der Waals surface area contributed by atoms with Gasteiger partial charge in [-0.1, -0.05) is 31.0 Å². The average molecular weight is 286 g/mol. The lowest BCUT2D eigenvalue weighted by atomic mass is 10.1. The average Bonchev–Trinajstić information content (AvgIpc) is 3.33. The Kier molecular flexibility index (Phi) is 5.56. The van der Waals surface area contributed by atoms with Crippen LogP contribution in [0.15, 0.2) is 24.3 Å². The molecule has 0 bridgehead atoms. The number of hydrogen-bond acceptors (Lipinski definition) is 2. The first-order chi connectivity index (χ1) is 10.4. The molecule has 1 saturated carbocycles. The van der Waals surface area contributed by atoms with Gasteiger partial charge in [-0.05, 0) is 63.1 Å². The van der Waals surface area contributed by atoms with E-state index in [9.17, 15) is 0 Å². The maximum atomic E-state index is 3.61. The molecule has 21 heavy (non-hydrogen) atoms. The van der Waals surface area contributed by atoms with Crippen molar-refractivity contribution in [2.24, 2.45) is 0 Å². The normalized spacial score (nSPS) is 18.4. The van der Waals surface area contributed by atoms with Crippen molar-refractivity contribution < 1.29 is 0 Å². The van der Waals surface area contributed by atoms with Crippen LogP contribution in [0.2, 0.25) is 0 Å². The van der Waals surface area contributed by atoms with Crippen molar-refractivity contribution in [1.82, 2.24) is 5.32 Å². The summed E-state index contributed by atoms with van der Waals surface area (Å²) in [6.07, 6.45) is 12.2. The Hall–Kier alpha value is -1.02. The van der Waals surface area contributed by atoms with Gasteiger partial charge in [0.1, 0.15) is 0 Å². The molecule has 1 fully saturated rings. The van der Waals surface area contributed by atoms with E-state index in [0.29, 0.717) is 0 Å². The SMILES string of the molecule is c1ccc2c(c1)CCCCN2CCCCCCNC1CC1. The minimum Gasteiger partial charge on any atom is -0.371 e. The minimum atomic E-state index is 0.874. The molecule has 0 spiro atoms. The quantitative estimate of drug-likeness (QED) is 0.722. The summed E-state index contributed by atoms with van der Waals surface area (Å²) in [5, 5.41) is 3.61. The second-order valence-electron chi connectivity index (χ2n) is 6.72. The van der Waals surface area contributed by atoms with E-state index in [1.54, 1.807) is 5.56 Å². The van der Waals surface area contributed by atoms with E-state index in [4.69, 9.17) is 0 Å². The summed E-state index contributed by atoms with van der Waals surface area (Å²) in [4.78, 5) is 2.63. The van der Waals surface area contributed by atoms with Crippen LogP contribution in [0.5, 0.6) is 0 Å². The van der Waals surface area contributed by atoms with Gasteiger partial charge >= 0.3 is 0 Å². The Morgan fingerprint density at radius 1 is 1.00 bits per heavy atom. The van der Waals surface area contributed by atoms with Crippen LogP contribution in [0.3, 0.4) is 0 Å². The van der Waals surface area contributed by atoms with Crippen molar-refractivity contribution >= 4 is 5.69 Å². The molecular weight excluding hydrogens is 256 g/mol. The topological polar surface area (TPSA) is 15.3 Å². The third kappa shape index (κ3) is 4.74. The van der Waals surface area contributed by atoms with E-state index in [1.165, 1.54) is 83.1 Å². The van der Waals surface area contributed by atoms with Crippen molar-refractivity contribution in [1.29, 1.82) is 0 Å². The zero-order chi connectivity index (χ0) is 14.3. The van der Waals surface area contributed by atoms with Crippen LogP contribution >= 0.6 is 0 Å². The van der Waals surface area contributed by atoms with Gasteiger partial charge in [0.05, 0.1) is 0 Å². The number of hydrogen-bond donors (Lipinski definition) is 1. The van der Waals surface area contributed by atoms with E-state index in [-0.39, 0.29) is 0 Å². The van der Waals surface area contributed by atoms with Crippen molar-refractivity contribution in [3.8, 4) is 0 Å². The van der Waals surface area contributed by atoms with Gasteiger partial charge in [0.15, 0.2) is 0 Å². The second-order valence-corrected chi connectivity index (χ2v) is 6.72. The molecule has 1 N–H and O–H groups in total. The molecule has 1 aliphatic carbocycles. The number of nitrogens with zero attached hydrogens (tertiary/aromatic N) is 1. The van der Waals surface area contributed by atoms with Crippen LogP contribution in [-0.4, -0.2) is 25.7 Å². The highest BCUT2D eigenvalue weighted by Crippen LogP contribution is 2.26. The fourth-order valence-corrected chi connectivity index (χ4v) is 3.38. The summed E-state index contributed by atoms with van der Waals surface area (Å²) in [6, 6.07) is 9.89. The molecule has 116 valence electrons. The molecule has 1 aromatic rings.